The van der Waals surface area contributed by atoms with Crippen LogP contribution in [0.2, 0.25) is 0 Å². The zero-order valence-electron chi connectivity index (χ0n) is 13.5. The van der Waals surface area contributed by atoms with E-state index in [2.05, 4.69) is 55.4 Å². The van der Waals surface area contributed by atoms with Gasteiger partial charge in [-0.3, -0.25) is 0 Å². The molecule has 1 aliphatic rings. The fourth-order valence-corrected chi connectivity index (χ4v) is 4.30. The molecule has 0 aromatic rings. The molecule has 0 spiro atoms. The van der Waals surface area contributed by atoms with Crippen LogP contribution in [0.3, 0.4) is 0 Å². The van der Waals surface area contributed by atoms with Crippen molar-refractivity contribution in [3.63, 3.8) is 0 Å². The predicted molar refractivity (Wildman–Crippen MR) is 78.1 cm³/mol. The molecule has 0 N–H and O–H groups in total. The van der Waals surface area contributed by atoms with Crippen LogP contribution < -0.4 is 0 Å². The topological polar surface area (TPSA) is 0 Å². The molecule has 1 rings (SSSR count). The third kappa shape index (κ3) is 2.17. The van der Waals surface area contributed by atoms with Crippen LogP contribution in [0.1, 0.15) is 81.1 Å². The van der Waals surface area contributed by atoms with E-state index >= 15 is 0 Å². The van der Waals surface area contributed by atoms with E-state index in [0.29, 0.717) is 16.2 Å². The summed E-state index contributed by atoms with van der Waals surface area (Å²) in [6.07, 6.45) is 5.52. The summed E-state index contributed by atoms with van der Waals surface area (Å²) in [5.74, 6) is 1.70. The second-order valence-corrected chi connectivity index (χ2v) is 7.72. The lowest BCUT2D eigenvalue weighted by atomic mass is 9.69. The van der Waals surface area contributed by atoms with E-state index in [4.69, 9.17) is 0 Å². The van der Waals surface area contributed by atoms with Crippen LogP contribution in [-0.4, -0.2) is 0 Å². The lowest BCUT2D eigenvalue weighted by molar-refractivity contribution is 0.143. The fraction of sp³-hybridized carbons (Fsp3) is 1.00. The summed E-state index contributed by atoms with van der Waals surface area (Å²) in [6.45, 7) is 19.5. The number of hydrogen-bond acceptors (Lipinski definition) is 0. The molecule has 102 valence electrons. The minimum atomic E-state index is 0.482. The average Bonchev–Trinajstić information content (AvgIpc) is 2.66. The smallest absolute Gasteiger partial charge is 0.0207 e. The van der Waals surface area contributed by atoms with Gasteiger partial charge in [-0.2, -0.15) is 0 Å². The summed E-state index contributed by atoms with van der Waals surface area (Å²) in [7, 11) is 0. The largest absolute Gasteiger partial charge is 0.0654 e. The van der Waals surface area contributed by atoms with Crippen LogP contribution >= 0.6 is 0 Å². The molecule has 3 unspecified atom stereocenters. The zero-order valence-corrected chi connectivity index (χ0v) is 13.5. The molecule has 0 bridgehead atoms. The molecule has 0 saturated heterocycles. The van der Waals surface area contributed by atoms with Crippen molar-refractivity contribution in [1.82, 2.24) is 0 Å². The van der Waals surface area contributed by atoms with Gasteiger partial charge in [-0.15, -0.1) is 0 Å². The molecule has 0 radical (unpaired) electrons. The Kier molecular flexibility index (Phi) is 4.07. The van der Waals surface area contributed by atoms with Crippen molar-refractivity contribution in [2.24, 2.45) is 28.1 Å². The van der Waals surface area contributed by atoms with E-state index in [1.54, 1.807) is 0 Å². The van der Waals surface area contributed by atoms with Gasteiger partial charge in [0.25, 0.3) is 0 Å². The molecule has 1 aliphatic carbocycles. The van der Waals surface area contributed by atoms with E-state index in [1.807, 2.05) is 0 Å². The van der Waals surface area contributed by atoms with Crippen LogP contribution in [0.4, 0.5) is 0 Å². The molecule has 0 aromatic heterocycles. The van der Waals surface area contributed by atoms with E-state index in [-0.39, 0.29) is 0 Å². The Morgan fingerprint density at radius 2 is 1.71 bits per heavy atom. The molecule has 0 amide bonds. The highest BCUT2D eigenvalue weighted by Gasteiger charge is 2.69. The van der Waals surface area contributed by atoms with Gasteiger partial charge < -0.3 is 0 Å². The van der Waals surface area contributed by atoms with Crippen molar-refractivity contribution in [2.75, 3.05) is 0 Å². The first-order valence-corrected chi connectivity index (χ1v) is 7.68. The van der Waals surface area contributed by atoms with Gasteiger partial charge in [-0.05, 0) is 47.3 Å². The lowest BCUT2D eigenvalue weighted by Gasteiger charge is -2.36. The Balaban J connectivity index is 2.87. The van der Waals surface area contributed by atoms with Gasteiger partial charge in [0.05, 0.1) is 0 Å². The second kappa shape index (κ2) is 4.59. The third-order valence-electron chi connectivity index (χ3n) is 6.57. The first kappa shape index (κ1) is 15.1. The van der Waals surface area contributed by atoms with Gasteiger partial charge in [-0.1, -0.05) is 61.8 Å². The molecule has 0 heterocycles. The Bertz CT molecular complexity index is 263. The summed E-state index contributed by atoms with van der Waals surface area (Å²) < 4.78 is 0. The normalized spacial score (nSPS) is 37.6. The summed E-state index contributed by atoms with van der Waals surface area (Å²) in [5.41, 5.74) is 1.72. The molecule has 1 saturated carbocycles. The molecule has 0 aromatic carbocycles. The molecule has 17 heavy (non-hydrogen) atoms. The molecular formula is C17H34. The molecule has 0 heteroatoms. The average molecular weight is 238 g/mol. The second-order valence-electron chi connectivity index (χ2n) is 7.72. The van der Waals surface area contributed by atoms with Gasteiger partial charge in [0.15, 0.2) is 0 Å². The van der Waals surface area contributed by atoms with Crippen molar-refractivity contribution in [3.8, 4) is 0 Å². The number of rotatable bonds is 6. The summed E-state index contributed by atoms with van der Waals surface area (Å²) >= 11 is 0. The molecule has 0 aliphatic heterocycles. The summed E-state index contributed by atoms with van der Waals surface area (Å²) in [6, 6.07) is 0. The third-order valence-corrected chi connectivity index (χ3v) is 6.57. The van der Waals surface area contributed by atoms with Crippen molar-refractivity contribution in [2.45, 2.75) is 81.1 Å². The standard InChI is InChI=1S/C17H34/c1-9-11-16(8)14(5)17(16,10-2)12-15(6,7)13(3)4/h13-14H,9-12H2,1-8H3. The van der Waals surface area contributed by atoms with E-state index in [9.17, 15) is 0 Å². The van der Waals surface area contributed by atoms with Crippen LogP contribution in [-0.2, 0) is 0 Å². The maximum atomic E-state index is 2.54. The van der Waals surface area contributed by atoms with Crippen molar-refractivity contribution >= 4 is 0 Å². The first-order valence-electron chi connectivity index (χ1n) is 7.68. The maximum absolute atomic E-state index is 2.54. The molecule has 0 nitrogen and oxygen atoms in total. The van der Waals surface area contributed by atoms with Crippen LogP contribution in [0, 0.1) is 28.1 Å². The Labute approximate surface area is 110 Å². The Morgan fingerprint density at radius 3 is 2.06 bits per heavy atom. The predicted octanol–water partition coefficient (Wildman–Crippen LogP) is 5.91. The highest BCUT2D eigenvalue weighted by atomic mass is 14.7. The van der Waals surface area contributed by atoms with Gasteiger partial charge in [0.1, 0.15) is 0 Å². The van der Waals surface area contributed by atoms with Crippen LogP contribution in [0.25, 0.3) is 0 Å². The van der Waals surface area contributed by atoms with Crippen LogP contribution in [0.15, 0.2) is 0 Å². The van der Waals surface area contributed by atoms with Crippen molar-refractivity contribution in [3.05, 3.63) is 0 Å². The minimum Gasteiger partial charge on any atom is -0.0654 e. The maximum Gasteiger partial charge on any atom is -0.0207 e. The van der Waals surface area contributed by atoms with E-state index in [1.165, 1.54) is 25.7 Å². The van der Waals surface area contributed by atoms with Gasteiger partial charge >= 0.3 is 0 Å². The van der Waals surface area contributed by atoms with Crippen molar-refractivity contribution < 1.29 is 0 Å². The van der Waals surface area contributed by atoms with Gasteiger partial charge in [0.2, 0.25) is 0 Å². The monoisotopic (exact) mass is 238 g/mol. The Hall–Kier alpha value is 0. The van der Waals surface area contributed by atoms with E-state index in [0.717, 1.165) is 11.8 Å². The highest BCUT2D eigenvalue weighted by Crippen LogP contribution is 2.76. The molecular weight excluding hydrogens is 204 g/mol. The SMILES string of the molecule is CCCC1(C)C(C)C1(CC)CC(C)(C)C(C)C. The zero-order chi connectivity index (χ0) is 13.5. The first-order chi connectivity index (χ1) is 7.68. The fourth-order valence-electron chi connectivity index (χ4n) is 4.30. The molecule has 1 fully saturated rings. The quantitative estimate of drug-likeness (QED) is 0.539. The summed E-state index contributed by atoms with van der Waals surface area (Å²) in [5, 5.41) is 0. The van der Waals surface area contributed by atoms with E-state index < -0.39 is 0 Å². The van der Waals surface area contributed by atoms with Crippen molar-refractivity contribution in [1.29, 1.82) is 0 Å². The molecule has 3 atom stereocenters. The van der Waals surface area contributed by atoms with Crippen LogP contribution in [0.5, 0.6) is 0 Å². The number of hydrogen-bond donors (Lipinski definition) is 0. The summed E-state index contributed by atoms with van der Waals surface area (Å²) in [4.78, 5) is 0. The van der Waals surface area contributed by atoms with Gasteiger partial charge in [0, 0.05) is 0 Å². The van der Waals surface area contributed by atoms with Gasteiger partial charge in [-0.25, -0.2) is 0 Å². The Morgan fingerprint density at radius 1 is 1.18 bits per heavy atom. The lowest BCUT2D eigenvalue weighted by Crippen LogP contribution is -2.26. The highest BCUT2D eigenvalue weighted by molar-refractivity contribution is 5.17. The minimum absolute atomic E-state index is 0.482.